The smallest absolute Gasteiger partial charge is 0.237 e. The maximum absolute atomic E-state index is 10.6. The van der Waals surface area contributed by atoms with Crippen LogP contribution in [0.3, 0.4) is 0 Å². The second-order valence-corrected chi connectivity index (χ2v) is 3.36. The fourth-order valence-electron chi connectivity index (χ4n) is 1.34. The second-order valence-electron chi connectivity index (χ2n) is 3.36. The highest BCUT2D eigenvalue weighted by Crippen LogP contribution is 2.20. The first-order valence-corrected chi connectivity index (χ1v) is 5.14. The normalized spacial score (nSPS) is 9.56. The zero-order valence-electron chi connectivity index (χ0n) is 9.25. The third kappa shape index (κ3) is 2.55. The molecule has 2 aromatic rings. The van der Waals surface area contributed by atoms with Crippen molar-refractivity contribution in [3.63, 3.8) is 0 Å². The van der Waals surface area contributed by atoms with Gasteiger partial charge in [0.2, 0.25) is 12.6 Å². The van der Waals surface area contributed by atoms with Crippen LogP contribution >= 0.6 is 0 Å². The summed E-state index contributed by atoms with van der Waals surface area (Å²) in [4.78, 5) is 31.3. The van der Waals surface area contributed by atoms with Gasteiger partial charge in [0.15, 0.2) is 11.5 Å². The number of hydrogen-bond donors (Lipinski definition) is 0. The summed E-state index contributed by atoms with van der Waals surface area (Å²) in [5.41, 5.74) is 0.482. The van der Waals surface area contributed by atoms with Gasteiger partial charge in [-0.2, -0.15) is 0 Å². The van der Waals surface area contributed by atoms with Gasteiger partial charge >= 0.3 is 0 Å². The van der Waals surface area contributed by atoms with E-state index in [0.717, 1.165) is 0 Å². The molecule has 18 heavy (non-hydrogen) atoms. The first kappa shape index (κ1) is 11.9. The molecular weight excluding hydrogens is 232 g/mol. The van der Waals surface area contributed by atoms with Crippen molar-refractivity contribution in [3.05, 3.63) is 59.7 Å². The van der Waals surface area contributed by atoms with E-state index >= 15 is 0 Å². The van der Waals surface area contributed by atoms with Crippen LogP contribution in [0.1, 0.15) is 11.1 Å². The maximum atomic E-state index is 10.6. The minimum Gasteiger partial charge on any atom is -0.289 e. The molecule has 2 rings (SSSR count). The predicted molar refractivity (Wildman–Crippen MR) is 63.7 cm³/mol. The van der Waals surface area contributed by atoms with Crippen LogP contribution < -0.4 is 9.78 Å². The highest BCUT2D eigenvalue weighted by atomic mass is 17.2. The molecule has 4 nitrogen and oxygen atoms in total. The van der Waals surface area contributed by atoms with Crippen molar-refractivity contribution in [3.8, 4) is 11.5 Å². The van der Waals surface area contributed by atoms with Gasteiger partial charge in [0.05, 0.1) is 11.1 Å². The summed E-state index contributed by atoms with van der Waals surface area (Å²) in [5.74, 6) is 0.460. The van der Waals surface area contributed by atoms with Gasteiger partial charge in [-0.1, -0.05) is 24.3 Å². The molecule has 0 saturated carbocycles. The van der Waals surface area contributed by atoms with Crippen molar-refractivity contribution in [2.45, 2.75) is 0 Å². The Labute approximate surface area is 104 Å². The van der Waals surface area contributed by atoms with E-state index in [1.165, 1.54) is 0 Å². The van der Waals surface area contributed by atoms with E-state index in [2.05, 4.69) is 0 Å². The van der Waals surface area contributed by atoms with Crippen molar-refractivity contribution in [1.82, 2.24) is 0 Å². The third-order valence-corrected chi connectivity index (χ3v) is 2.22. The Kier molecular flexibility index (Phi) is 3.71. The Bertz CT molecular complexity index is 512. The molecule has 0 aliphatic heterocycles. The molecule has 0 saturated heterocycles. The lowest BCUT2D eigenvalue weighted by atomic mass is 10.2. The van der Waals surface area contributed by atoms with Crippen molar-refractivity contribution < 1.29 is 19.4 Å². The molecule has 0 bridgehead atoms. The summed E-state index contributed by atoms with van der Waals surface area (Å²) in [6.07, 6.45) is 3.46. The van der Waals surface area contributed by atoms with Crippen LogP contribution in [0.4, 0.5) is 0 Å². The molecule has 2 aromatic carbocycles. The summed E-state index contributed by atoms with van der Waals surface area (Å²) in [5, 5.41) is 0. The highest BCUT2D eigenvalue weighted by molar-refractivity contribution is 5.80. The number of carbonyl (C=O) groups excluding carboxylic acids is 2. The molecule has 0 aromatic heterocycles. The summed E-state index contributed by atoms with van der Waals surface area (Å²) in [6, 6.07) is 13.0. The molecule has 0 amide bonds. The minimum absolute atomic E-state index is 0.230. The molecule has 4 heteroatoms. The van der Waals surface area contributed by atoms with E-state index in [-0.39, 0.29) is 22.6 Å². The van der Waals surface area contributed by atoms with E-state index < -0.39 is 0 Å². The van der Waals surface area contributed by atoms with Crippen molar-refractivity contribution in [2.75, 3.05) is 0 Å². The average Bonchev–Trinajstić information content (AvgIpc) is 2.45. The van der Waals surface area contributed by atoms with Gasteiger partial charge < -0.3 is 0 Å². The summed E-state index contributed by atoms with van der Waals surface area (Å²) >= 11 is 0. The van der Waals surface area contributed by atoms with Crippen LogP contribution in [0.5, 0.6) is 11.5 Å². The molecular formula is C14H8O4. The Morgan fingerprint density at radius 2 is 1.06 bits per heavy atom. The first-order chi connectivity index (χ1) is 8.85. The monoisotopic (exact) mass is 240 g/mol. The molecule has 0 aliphatic carbocycles. The summed E-state index contributed by atoms with van der Waals surface area (Å²) in [7, 11) is 0. The quantitative estimate of drug-likeness (QED) is 0.592. The first-order valence-electron chi connectivity index (χ1n) is 5.14. The fourth-order valence-corrected chi connectivity index (χ4v) is 1.34. The van der Waals surface area contributed by atoms with Crippen LogP contribution in [0.15, 0.2) is 48.5 Å². The van der Waals surface area contributed by atoms with Crippen LogP contribution in [-0.2, 0) is 9.59 Å². The molecule has 0 unspecified atom stereocenters. The topological polar surface area (TPSA) is 52.6 Å². The number of benzene rings is 2. The van der Waals surface area contributed by atoms with Crippen molar-refractivity contribution >= 4 is 12.6 Å². The average molecular weight is 240 g/mol. The van der Waals surface area contributed by atoms with E-state index in [1.807, 2.05) is 0 Å². The van der Waals surface area contributed by atoms with Gasteiger partial charge in [-0.15, -0.1) is 0 Å². The Morgan fingerprint density at radius 1 is 0.667 bits per heavy atom. The number of para-hydroxylation sites is 2. The predicted octanol–water partition coefficient (Wildman–Crippen LogP) is 1.97. The second kappa shape index (κ2) is 5.63. The van der Waals surface area contributed by atoms with E-state index in [9.17, 15) is 9.59 Å². The molecule has 0 N–H and O–H groups in total. The van der Waals surface area contributed by atoms with Crippen molar-refractivity contribution in [1.29, 1.82) is 0 Å². The van der Waals surface area contributed by atoms with E-state index in [1.54, 1.807) is 61.1 Å². The largest absolute Gasteiger partial charge is 0.289 e. The van der Waals surface area contributed by atoms with Crippen LogP contribution in [0.25, 0.3) is 0 Å². The van der Waals surface area contributed by atoms with Crippen molar-refractivity contribution in [2.24, 2.45) is 0 Å². The molecule has 0 aliphatic rings. The summed E-state index contributed by atoms with van der Waals surface area (Å²) < 4.78 is 0. The van der Waals surface area contributed by atoms with Gasteiger partial charge in [0.1, 0.15) is 0 Å². The number of rotatable bonds is 5. The zero-order chi connectivity index (χ0) is 12.8. The molecule has 0 spiro atoms. The lowest BCUT2D eigenvalue weighted by Gasteiger charge is -2.07. The summed E-state index contributed by atoms with van der Waals surface area (Å²) in [6.45, 7) is 0. The zero-order valence-corrected chi connectivity index (χ0v) is 9.25. The Hall–Kier alpha value is -2.62. The van der Waals surface area contributed by atoms with E-state index in [4.69, 9.17) is 9.78 Å². The Balaban J connectivity index is 2.16. The van der Waals surface area contributed by atoms with E-state index in [0.29, 0.717) is 0 Å². The van der Waals surface area contributed by atoms with Crippen LogP contribution in [0.2, 0.25) is 0 Å². The van der Waals surface area contributed by atoms with Gasteiger partial charge in [0, 0.05) is 0 Å². The fraction of sp³-hybridized carbons (Fsp3) is 0. The molecule has 0 heterocycles. The van der Waals surface area contributed by atoms with Crippen LogP contribution in [-0.4, -0.2) is 12.6 Å². The van der Waals surface area contributed by atoms with Gasteiger partial charge in [-0.05, 0) is 24.3 Å². The van der Waals surface area contributed by atoms with Gasteiger partial charge in [0.25, 0.3) is 0 Å². The standard InChI is InChI=1S/C14H8O4/c15-9-11-5-1-3-7-13(11)17-18-14-8-4-2-6-12(14)10-16/h1-8H. The third-order valence-electron chi connectivity index (χ3n) is 2.22. The lowest BCUT2D eigenvalue weighted by Crippen LogP contribution is -2.04. The van der Waals surface area contributed by atoms with Gasteiger partial charge in [-0.3, -0.25) is 19.4 Å². The van der Waals surface area contributed by atoms with Crippen LogP contribution in [0, 0.1) is 0 Å². The highest BCUT2D eigenvalue weighted by Gasteiger charge is 2.07. The Morgan fingerprint density at radius 3 is 1.44 bits per heavy atom. The molecule has 0 atom stereocenters. The maximum Gasteiger partial charge on any atom is 0.237 e. The van der Waals surface area contributed by atoms with Gasteiger partial charge in [-0.25, -0.2) is 0 Å². The lowest BCUT2D eigenvalue weighted by molar-refractivity contribution is -0.100. The minimum atomic E-state index is 0.230. The number of hydrogen-bond acceptors (Lipinski definition) is 4. The molecule has 0 fully saturated rings. The molecule has 2 radical (unpaired) electrons. The SMILES string of the molecule is O=[C]c1ccccc1OOc1ccccc1[C]=O. The molecule has 88 valence electrons.